The fourth-order valence-electron chi connectivity index (χ4n) is 3.55. The number of ether oxygens (including phenoxy) is 1. The van der Waals surface area contributed by atoms with E-state index in [1.807, 2.05) is 18.2 Å². The zero-order chi connectivity index (χ0) is 21.6. The summed E-state index contributed by atoms with van der Waals surface area (Å²) in [5, 5.41) is 2.76. The third-order valence-corrected chi connectivity index (χ3v) is 5.31. The van der Waals surface area contributed by atoms with Gasteiger partial charge in [-0.2, -0.15) is 0 Å². The maximum Gasteiger partial charge on any atom is 0.262 e. The van der Waals surface area contributed by atoms with E-state index in [4.69, 9.17) is 4.74 Å². The molecule has 0 aliphatic carbocycles. The van der Waals surface area contributed by atoms with Crippen molar-refractivity contribution in [3.05, 3.63) is 78.1 Å². The number of Topliss-reactive ketones (excluding diaryl/α,β-unsaturated/α-hetero) is 1. The van der Waals surface area contributed by atoms with E-state index in [0.717, 1.165) is 25.9 Å². The second kappa shape index (κ2) is 9.49. The topological polar surface area (TPSA) is 84.4 Å². The summed E-state index contributed by atoms with van der Waals surface area (Å²) in [6.07, 6.45) is 3.21. The van der Waals surface area contributed by atoms with Crippen molar-refractivity contribution in [3.63, 3.8) is 0 Å². The first kappa shape index (κ1) is 20.7. The quantitative estimate of drug-likeness (QED) is 0.611. The molecule has 1 fully saturated rings. The average molecular weight is 416 g/mol. The summed E-state index contributed by atoms with van der Waals surface area (Å²) >= 11 is 0. The molecule has 0 saturated carbocycles. The summed E-state index contributed by atoms with van der Waals surface area (Å²) in [5.41, 5.74) is 0.652. The molecule has 0 radical (unpaired) electrons. The Hall–Kier alpha value is -3.58. The highest BCUT2D eigenvalue weighted by Gasteiger charge is 2.25. The van der Waals surface area contributed by atoms with Crippen LogP contribution in [0.2, 0.25) is 0 Å². The summed E-state index contributed by atoms with van der Waals surface area (Å²) in [6, 6.07) is 17.5. The van der Waals surface area contributed by atoms with Gasteiger partial charge in [0.15, 0.2) is 5.78 Å². The number of pyridine rings is 2. The smallest absolute Gasteiger partial charge is 0.262 e. The summed E-state index contributed by atoms with van der Waals surface area (Å²) in [5.74, 6) is 0.690. The number of aromatic nitrogens is 2. The first-order chi connectivity index (χ1) is 15.1. The molecule has 2 aromatic heterocycles. The Morgan fingerprint density at radius 2 is 1.77 bits per heavy atom. The normalized spacial score (nSPS) is 14.7. The molecule has 1 saturated heterocycles. The maximum absolute atomic E-state index is 12.9. The van der Waals surface area contributed by atoms with Crippen LogP contribution in [-0.2, 0) is 0 Å². The van der Waals surface area contributed by atoms with E-state index in [-0.39, 0.29) is 23.1 Å². The van der Waals surface area contributed by atoms with Gasteiger partial charge in [0.1, 0.15) is 22.8 Å². The second-order valence-electron chi connectivity index (χ2n) is 7.58. The highest BCUT2D eigenvalue weighted by atomic mass is 16.5. The minimum atomic E-state index is -0.407. The number of rotatable bonds is 6. The molecule has 1 aliphatic heterocycles. The molecule has 4 rings (SSSR count). The van der Waals surface area contributed by atoms with Crippen LogP contribution in [0.3, 0.4) is 0 Å². The number of benzene rings is 1. The van der Waals surface area contributed by atoms with Gasteiger partial charge in [0, 0.05) is 12.1 Å². The Morgan fingerprint density at radius 1 is 1.00 bits per heavy atom. The zero-order valence-corrected chi connectivity index (χ0v) is 17.3. The fourth-order valence-corrected chi connectivity index (χ4v) is 3.55. The van der Waals surface area contributed by atoms with Crippen molar-refractivity contribution in [3.8, 4) is 11.6 Å². The molecular weight excluding hydrogens is 392 g/mol. The lowest BCUT2D eigenvalue weighted by Crippen LogP contribution is -2.33. The van der Waals surface area contributed by atoms with Gasteiger partial charge < -0.3 is 15.0 Å². The van der Waals surface area contributed by atoms with Crippen molar-refractivity contribution >= 4 is 17.5 Å². The van der Waals surface area contributed by atoms with E-state index in [2.05, 4.69) is 27.2 Å². The van der Waals surface area contributed by atoms with E-state index < -0.39 is 5.91 Å². The first-order valence-corrected chi connectivity index (χ1v) is 10.3. The van der Waals surface area contributed by atoms with Crippen molar-refractivity contribution in [1.29, 1.82) is 0 Å². The number of hydrogen-bond acceptors (Lipinski definition) is 6. The molecule has 1 aromatic carbocycles. The predicted molar refractivity (Wildman–Crippen MR) is 117 cm³/mol. The van der Waals surface area contributed by atoms with Gasteiger partial charge in [0.25, 0.3) is 5.91 Å². The molecule has 3 heterocycles. The molecule has 0 bridgehead atoms. The van der Waals surface area contributed by atoms with E-state index in [0.29, 0.717) is 17.3 Å². The highest BCUT2D eigenvalue weighted by molar-refractivity contribution is 6.05. The maximum atomic E-state index is 12.9. The van der Waals surface area contributed by atoms with Crippen LogP contribution >= 0.6 is 0 Å². The zero-order valence-electron chi connectivity index (χ0n) is 17.3. The second-order valence-corrected chi connectivity index (χ2v) is 7.58. The largest absolute Gasteiger partial charge is 0.438 e. The third kappa shape index (κ3) is 5.13. The van der Waals surface area contributed by atoms with Crippen molar-refractivity contribution < 1.29 is 14.3 Å². The molecule has 0 unspecified atom stereocenters. The number of carbonyl (C=O) groups excluding carboxylic acids is 2. The number of carbonyl (C=O) groups is 2. The lowest BCUT2D eigenvalue weighted by molar-refractivity contribution is 0.0851. The van der Waals surface area contributed by atoms with Gasteiger partial charge in [-0.3, -0.25) is 9.59 Å². The number of ketones is 1. The van der Waals surface area contributed by atoms with Gasteiger partial charge in [0.2, 0.25) is 5.88 Å². The summed E-state index contributed by atoms with van der Waals surface area (Å²) < 4.78 is 5.77. The monoisotopic (exact) mass is 416 g/mol. The minimum absolute atomic E-state index is 0.0266. The number of nitrogens with zero attached hydrogens (tertiary/aromatic N) is 3. The molecule has 1 aliphatic rings. The molecule has 0 spiro atoms. The fraction of sp³-hybridized carbons (Fsp3) is 0.250. The number of piperidine rings is 1. The predicted octanol–water partition coefficient (Wildman–Crippen LogP) is 4.05. The van der Waals surface area contributed by atoms with E-state index in [1.54, 1.807) is 48.7 Å². The van der Waals surface area contributed by atoms with Crippen LogP contribution in [0, 0.1) is 5.92 Å². The van der Waals surface area contributed by atoms with Gasteiger partial charge >= 0.3 is 0 Å². The van der Waals surface area contributed by atoms with Crippen LogP contribution in [0.1, 0.15) is 33.7 Å². The molecule has 7 heteroatoms. The van der Waals surface area contributed by atoms with Crippen molar-refractivity contribution in [2.75, 3.05) is 25.5 Å². The van der Waals surface area contributed by atoms with Crippen LogP contribution in [0.5, 0.6) is 11.6 Å². The van der Waals surface area contributed by atoms with Crippen molar-refractivity contribution in [1.82, 2.24) is 14.9 Å². The Kier molecular flexibility index (Phi) is 6.33. The SMILES string of the molecule is CN1CCC(C(=O)c2cccc(NC(=O)c3cccnc3Oc3ccccc3)n2)CC1. The van der Waals surface area contributed by atoms with Gasteiger partial charge in [-0.05, 0) is 69.4 Å². The summed E-state index contributed by atoms with van der Waals surface area (Å²) in [7, 11) is 2.06. The Balaban J connectivity index is 1.48. The van der Waals surface area contributed by atoms with Crippen LogP contribution in [0.15, 0.2) is 66.9 Å². The van der Waals surface area contributed by atoms with Crippen LogP contribution in [-0.4, -0.2) is 46.7 Å². The number of para-hydroxylation sites is 1. The molecule has 3 aromatic rings. The molecule has 31 heavy (non-hydrogen) atoms. The van der Waals surface area contributed by atoms with Gasteiger partial charge in [-0.15, -0.1) is 0 Å². The summed E-state index contributed by atoms with van der Waals surface area (Å²) in [4.78, 5) is 36.5. The van der Waals surface area contributed by atoms with Gasteiger partial charge in [0.05, 0.1) is 0 Å². The number of nitrogens with one attached hydrogen (secondary N) is 1. The lowest BCUT2D eigenvalue weighted by atomic mass is 9.91. The number of hydrogen-bond donors (Lipinski definition) is 1. The lowest BCUT2D eigenvalue weighted by Gasteiger charge is -2.27. The van der Waals surface area contributed by atoms with E-state index in [1.165, 1.54) is 0 Å². The summed E-state index contributed by atoms with van der Waals surface area (Å²) in [6.45, 7) is 1.80. The standard InChI is InChI=1S/C24H24N4O3/c1-28-15-12-17(13-16-28)22(29)20-10-5-11-21(26-20)27-23(30)19-9-6-14-25-24(19)31-18-7-3-2-4-8-18/h2-11,14,17H,12-13,15-16H2,1H3,(H,26,27,30). The molecule has 1 N–H and O–H groups in total. The molecular formula is C24H24N4O3. The Morgan fingerprint density at radius 3 is 2.55 bits per heavy atom. The molecule has 158 valence electrons. The van der Waals surface area contributed by atoms with Gasteiger partial charge in [-0.1, -0.05) is 24.3 Å². The van der Waals surface area contributed by atoms with Crippen molar-refractivity contribution in [2.45, 2.75) is 12.8 Å². The first-order valence-electron chi connectivity index (χ1n) is 10.3. The average Bonchev–Trinajstić information content (AvgIpc) is 2.80. The third-order valence-electron chi connectivity index (χ3n) is 5.31. The van der Waals surface area contributed by atoms with Gasteiger partial charge in [-0.25, -0.2) is 9.97 Å². The van der Waals surface area contributed by atoms with Crippen molar-refractivity contribution in [2.24, 2.45) is 5.92 Å². The molecule has 0 atom stereocenters. The minimum Gasteiger partial charge on any atom is -0.438 e. The van der Waals surface area contributed by atoms with Crippen LogP contribution in [0.4, 0.5) is 5.82 Å². The highest BCUT2D eigenvalue weighted by Crippen LogP contribution is 2.24. The van der Waals surface area contributed by atoms with Crippen LogP contribution in [0.25, 0.3) is 0 Å². The van der Waals surface area contributed by atoms with Crippen LogP contribution < -0.4 is 10.1 Å². The Bertz CT molecular complexity index is 1060. The Labute approximate surface area is 181 Å². The number of likely N-dealkylation sites (tertiary alicyclic amines) is 1. The van der Waals surface area contributed by atoms with E-state index in [9.17, 15) is 9.59 Å². The molecule has 7 nitrogen and oxygen atoms in total. The number of anilines is 1. The molecule has 1 amide bonds. The number of amides is 1. The van der Waals surface area contributed by atoms with E-state index >= 15 is 0 Å².